The molecule has 4 aromatic rings. The molecule has 2 heterocycles. The van der Waals surface area contributed by atoms with E-state index in [1.807, 2.05) is 0 Å². The van der Waals surface area contributed by atoms with Gasteiger partial charge in [0, 0.05) is 27.7 Å². The Morgan fingerprint density at radius 1 is 0.660 bits per heavy atom. The van der Waals surface area contributed by atoms with Gasteiger partial charge in [-0.1, -0.05) is 24.3 Å². The molecule has 1 aliphatic heterocycles. The summed E-state index contributed by atoms with van der Waals surface area (Å²) in [6.07, 6.45) is 3.44. The lowest BCUT2D eigenvalue weighted by molar-refractivity contribution is -0.259. The maximum Gasteiger partial charge on any atom is 0.380 e. The van der Waals surface area contributed by atoms with Gasteiger partial charge < -0.3 is 28.1 Å². The van der Waals surface area contributed by atoms with Gasteiger partial charge in [0.05, 0.1) is 34.4 Å². The van der Waals surface area contributed by atoms with Crippen molar-refractivity contribution in [3.8, 4) is 17.2 Å². The van der Waals surface area contributed by atoms with Crippen LogP contribution in [0.1, 0.15) is 22.5 Å². The molecule has 0 N–H and O–H groups in total. The molecule has 0 amide bonds. The summed E-state index contributed by atoms with van der Waals surface area (Å²) in [5.41, 5.74) is -5.45. The number of furan rings is 1. The molecule has 2 unspecified atom stereocenters. The van der Waals surface area contributed by atoms with Crippen LogP contribution in [0.3, 0.4) is 0 Å². The zero-order valence-electron chi connectivity index (χ0n) is 27.0. The number of methoxy groups -OCH3 is 4. The quantitative estimate of drug-likeness (QED) is 0.188. The van der Waals surface area contributed by atoms with Crippen LogP contribution in [0.2, 0.25) is 0 Å². The average Bonchev–Trinajstić information content (AvgIpc) is 3.68. The lowest BCUT2D eigenvalue weighted by atomic mass is 9.68. The van der Waals surface area contributed by atoms with Crippen LogP contribution in [0, 0.1) is 5.92 Å². The molecule has 3 aromatic carbocycles. The molecule has 50 heavy (non-hydrogen) atoms. The highest BCUT2D eigenvalue weighted by Crippen LogP contribution is 2.70. The van der Waals surface area contributed by atoms with Crippen molar-refractivity contribution in [3.05, 3.63) is 130 Å². The second-order valence-corrected chi connectivity index (χ2v) is 12.3. The largest absolute Gasteiger partial charge is 0.497 e. The summed E-state index contributed by atoms with van der Waals surface area (Å²) in [5, 5.41) is -0.124. The minimum absolute atomic E-state index is 0.0238. The molecular formula is C38H28F6O6. The Kier molecular flexibility index (Phi) is 6.79. The smallest absolute Gasteiger partial charge is 0.380 e. The first-order valence-electron chi connectivity index (χ1n) is 15.5. The van der Waals surface area contributed by atoms with Crippen molar-refractivity contribution in [3.63, 3.8) is 0 Å². The van der Waals surface area contributed by atoms with Crippen LogP contribution < -0.4 is 14.2 Å². The van der Waals surface area contributed by atoms with Crippen molar-refractivity contribution in [1.82, 2.24) is 0 Å². The highest BCUT2D eigenvalue weighted by atomic mass is 19.3. The van der Waals surface area contributed by atoms with Crippen molar-refractivity contribution in [2.45, 2.75) is 29.3 Å². The molecule has 0 saturated heterocycles. The number of benzene rings is 3. The van der Waals surface area contributed by atoms with E-state index in [1.165, 1.54) is 58.8 Å². The van der Waals surface area contributed by atoms with Gasteiger partial charge in [-0.05, 0) is 71.8 Å². The van der Waals surface area contributed by atoms with E-state index in [1.54, 1.807) is 54.6 Å². The predicted octanol–water partition coefficient (Wildman–Crippen LogP) is 8.85. The Balaban J connectivity index is 1.63. The fourth-order valence-electron chi connectivity index (χ4n) is 7.66. The number of fused-ring (bicyclic) bond motifs is 7. The highest BCUT2D eigenvalue weighted by molar-refractivity contribution is 6.01. The van der Waals surface area contributed by atoms with E-state index >= 15 is 26.3 Å². The van der Waals surface area contributed by atoms with Gasteiger partial charge in [-0.15, -0.1) is 0 Å². The van der Waals surface area contributed by atoms with E-state index in [0.29, 0.717) is 22.6 Å². The molecule has 2 atom stereocenters. The van der Waals surface area contributed by atoms with Gasteiger partial charge in [-0.2, -0.15) is 26.3 Å². The summed E-state index contributed by atoms with van der Waals surface area (Å²) in [7, 11) is 5.59. The molecule has 3 aliphatic carbocycles. The molecule has 6 nitrogen and oxygen atoms in total. The van der Waals surface area contributed by atoms with Crippen molar-refractivity contribution >= 4 is 16.5 Å². The van der Waals surface area contributed by atoms with Crippen LogP contribution in [0.5, 0.6) is 17.2 Å². The molecular weight excluding hydrogens is 666 g/mol. The van der Waals surface area contributed by atoms with Crippen molar-refractivity contribution < 1.29 is 54.4 Å². The summed E-state index contributed by atoms with van der Waals surface area (Å²) in [6.45, 7) is 0. The molecule has 12 heteroatoms. The number of alkyl halides is 6. The zero-order valence-corrected chi connectivity index (χ0v) is 27.0. The third-order valence-corrected chi connectivity index (χ3v) is 10.0. The normalized spacial score (nSPS) is 23.3. The number of ether oxygens (including phenoxy) is 5. The van der Waals surface area contributed by atoms with Gasteiger partial charge in [-0.3, -0.25) is 0 Å². The molecule has 4 aliphatic rings. The Hall–Kier alpha value is -5.26. The number of halogens is 6. The molecule has 0 radical (unpaired) electrons. The lowest BCUT2D eigenvalue weighted by Gasteiger charge is -2.36. The maximum absolute atomic E-state index is 16.6. The third-order valence-electron chi connectivity index (χ3n) is 10.0. The maximum atomic E-state index is 16.6. The minimum Gasteiger partial charge on any atom is -0.497 e. The second kappa shape index (κ2) is 10.6. The Morgan fingerprint density at radius 3 is 1.78 bits per heavy atom. The van der Waals surface area contributed by atoms with E-state index in [9.17, 15) is 0 Å². The molecule has 258 valence electrons. The van der Waals surface area contributed by atoms with Crippen molar-refractivity contribution in [2.75, 3.05) is 28.4 Å². The second-order valence-electron chi connectivity index (χ2n) is 12.3. The summed E-state index contributed by atoms with van der Waals surface area (Å²) in [6, 6.07) is 17.2. The standard InChI is InChI=1S/C38H28F6O6/c1-45-21-9-5-19(6-10-21)35(20-7-11-22(46-2)12-8-20)33-29(25-17-23(47-3)13-15-27(25)49-33)31-32(37(41,42)38(43,44)36(31,39)40)30-26-18-24(48-4)14-16-28(26)50-34(30)35/h5-18,25,27H,1-4H3. The first-order valence-corrected chi connectivity index (χ1v) is 15.5. The van der Waals surface area contributed by atoms with Crippen molar-refractivity contribution in [1.29, 1.82) is 0 Å². The van der Waals surface area contributed by atoms with E-state index in [0.717, 1.165) is 0 Å². The summed E-state index contributed by atoms with van der Waals surface area (Å²) in [5.74, 6) is -17.1. The highest BCUT2D eigenvalue weighted by Gasteiger charge is 2.82. The number of allylic oxidation sites excluding steroid dienone is 4. The minimum atomic E-state index is -5.82. The average molecular weight is 695 g/mol. The van der Waals surface area contributed by atoms with Crippen LogP contribution in [0.4, 0.5) is 26.3 Å². The molecule has 1 aromatic heterocycles. The zero-order chi connectivity index (χ0) is 35.4. The van der Waals surface area contributed by atoms with E-state index in [2.05, 4.69) is 0 Å². The van der Waals surface area contributed by atoms with Crippen LogP contribution in [-0.4, -0.2) is 52.3 Å². The van der Waals surface area contributed by atoms with Gasteiger partial charge in [0.25, 0.3) is 0 Å². The Labute approximate surface area is 281 Å². The molecule has 0 spiro atoms. The first kappa shape index (κ1) is 32.0. The fourth-order valence-corrected chi connectivity index (χ4v) is 7.66. The van der Waals surface area contributed by atoms with Gasteiger partial charge in [-0.25, -0.2) is 0 Å². The van der Waals surface area contributed by atoms with Crippen LogP contribution in [0.25, 0.3) is 16.5 Å². The monoisotopic (exact) mass is 694 g/mol. The summed E-state index contributed by atoms with van der Waals surface area (Å²) >= 11 is 0. The van der Waals surface area contributed by atoms with E-state index in [-0.39, 0.29) is 34.0 Å². The van der Waals surface area contributed by atoms with E-state index in [4.69, 9.17) is 28.1 Å². The number of hydrogen-bond donors (Lipinski definition) is 0. The SMILES string of the molecule is COC1=CC2C3=C(OC2C=C1)C(c1ccc(OC)cc1)(c1ccc(OC)cc1)c1oc2ccc(OC)cc2c1C1=C3C(F)(F)C(F)(F)C1(F)F. The van der Waals surface area contributed by atoms with Gasteiger partial charge >= 0.3 is 17.8 Å². The third kappa shape index (κ3) is 3.87. The van der Waals surface area contributed by atoms with Crippen LogP contribution >= 0.6 is 0 Å². The van der Waals surface area contributed by atoms with Gasteiger partial charge in [0.2, 0.25) is 0 Å². The topological polar surface area (TPSA) is 59.3 Å². The van der Waals surface area contributed by atoms with Crippen LogP contribution in [0.15, 0.2) is 112 Å². The Morgan fingerprint density at radius 2 is 1.22 bits per heavy atom. The Bertz CT molecular complexity index is 2130. The van der Waals surface area contributed by atoms with Gasteiger partial charge in [0.15, 0.2) is 0 Å². The number of rotatable bonds is 6. The summed E-state index contributed by atoms with van der Waals surface area (Å²) in [4.78, 5) is 0. The molecule has 0 bridgehead atoms. The molecule has 0 saturated carbocycles. The van der Waals surface area contributed by atoms with Gasteiger partial charge in [0.1, 0.15) is 51.6 Å². The van der Waals surface area contributed by atoms with E-state index < -0.39 is 57.5 Å². The molecule has 8 rings (SSSR count). The lowest BCUT2D eigenvalue weighted by Crippen LogP contribution is -2.49. The predicted molar refractivity (Wildman–Crippen MR) is 170 cm³/mol. The summed E-state index contributed by atoms with van der Waals surface area (Å²) < 4.78 is 132. The fraction of sp³-hybridized carbons (Fsp3) is 0.263. The van der Waals surface area contributed by atoms with Crippen LogP contribution in [-0.2, 0) is 14.9 Å². The molecule has 0 fully saturated rings. The first-order chi connectivity index (χ1) is 23.9. The number of hydrogen-bond acceptors (Lipinski definition) is 6. The van der Waals surface area contributed by atoms with Crippen molar-refractivity contribution in [2.24, 2.45) is 5.92 Å².